The summed E-state index contributed by atoms with van der Waals surface area (Å²) in [7, 11) is 1.24. The smallest absolute Gasteiger partial charge is 0.343 e. The van der Waals surface area contributed by atoms with Crippen molar-refractivity contribution in [2.45, 2.75) is 44.1 Å². The van der Waals surface area contributed by atoms with E-state index in [0.29, 0.717) is 38.5 Å². The number of allylic oxidation sites excluding steroid dienone is 1. The maximum atomic E-state index is 13.3. The van der Waals surface area contributed by atoms with Crippen LogP contribution in [0.15, 0.2) is 36.9 Å². The highest BCUT2D eigenvalue weighted by Gasteiger charge is 2.66. The lowest BCUT2D eigenvalue weighted by atomic mass is 9.88. The minimum Gasteiger partial charge on any atom is -0.467 e. The molecule has 9 nitrogen and oxygen atoms in total. The van der Waals surface area contributed by atoms with E-state index in [-0.39, 0.29) is 12.3 Å². The number of aromatic nitrogens is 2. The van der Waals surface area contributed by atoms with Crippen LogP contribution in [0.4, 0.5) is 0 Å². The third-order valence-electron chi connectivity index (χ3n) is 8.31. The van der Waals surface area contributed by atoms with E-state index in [4.69, 9.17) is 9.47 Å². The van der Waals surface area contributed by atoms with E-state index in [1.54, 1.807) is 13.0 Å². The van der Waals surface area contributed by atoms with Crippen LogP contribution in [0.1, 0.15) is 59.9 Å². The number of aliphatic hydroxyl groups is 2. The monoisotopic (exact) mass is 499 g/mol. The molecule has 1 saturated heterocycles. The largest absolute Gasteiger partial charge is 0.467 e. The molecule has 3 N–H and O–H groups in total. The van der Waals surface area contributed by atoms with Crippen molar-refractivity contribution in [2.75, 3.05) is 7.11 Å². The standard InChI is InChI=1S/C28H25N3O6/c1-5-9-15-13(6-2)18-20-21(25(33)29-24(20)32)19-14-10-7-8-11-16(14)31-23(19)22(18)30(15)17-12-28(35,26(34)36-4)27(31,3)37-17/h5-11,17,25,33,35H,2,12H2,1,3-4H3,(H,29,32)/b9-5-. The molecule has 3 aliphatic heterocycles. The van der Waals surface area contributed by atoms with E-state index >= 15 is 0 Å². The van der Waals surface area contributed by atoms with Crippen molar-refractivity contribution in [2.24, 2.45) is 0 Å². The molecule has 0 saturated carbocycles. The first kappa shape index (κ1) is 22.3. The number of aliphatic hydroxyl groups excluding tert-OH is 1. The molecule has 1 amide bonds. The molecule has 188 valence electrons. The van der Waals surface area contributed by atoms with Crippen LogP contribution >= 0.6 is 0 Å². The Bertz CT molecular complexity index is 1780. The number of amides is 1. The van der Waals surface area contributed by atoms with Crippen molar-refractivity contribution in [1.29, 1.82) is 0 Å². The Morgan fingerprint density at radius 1 is 1.30 bits per heavy atom. The van der Waals surface area contributed by atoms with Gasteiger partial charge in [-0.15, -0.1) is 0 Å². The number of methoxy groups -OCH3 is 1. The van der Waals surface area contributed by atoms with Gasteiger partial charge >= 0.3 is 5.97 Å². The fourth-order valence-corrected chi connectivity index (χ4v) is 6.83. The summed E-state index contributed by atoms with van der Waals surface area (Å²) >= 11 is 0. The van der Waals surface area contributed by atoms with Gasteiger partial charge in [0, 0.05) is 33.7 Å². The molecule has 0 radical (unpaired) electrons. The number of ether oxygens (including phenoxy) is 2. The van der Waals surface area contributed by atoms with Crippen LogP contribution in [0, 0.1) is 0 Å². The predicted molar refractivity (Wildman–Crippen MR) is 138 cm³/mol. The van der Waals surface area contributed by atoms with Gasteiger partial charge in [0.15, 0.2) is 12.0 Å². The molecular weight excluding hydrogens is 474 g/mol. The summed E-state index contributed by atoms with van der Waals surface area (Å²) in [5, 5.41) is 27.8. The highest BCUT2D eigenvalue weighted by atomic mass is 16.6. The minimum absolute atomic E-state index is 0.0690. The highest BCUT2D eigenvalue weighted by molar-refractivity contribution is 6.27. The van der Waals surface area contributed by atoms with Crippen molar-refractivity contribution in [3.8, 4) is 0 Å². The number of hydrogen-bond donors (Lipinski definition) is 3. The summed E-state index contributed by atoms with van der Waals surface area (Å²) in [5.41, 5.74) is 0.740. The van der Waals surface area contributed by atoms with Crippen LogP contribution < -0.4 is 5.32 Å². The average molecular weight is 500 g/mol. The van der Waals surface area contributed by atoms with E-state index in [1.165, 1.54) is 7.11 Å². The molecule has 0 spiro atoms. The number of carbonyl (C=O) groups excluding carboxylic acids is 2. The maximum Gasteiger partial charge on any atom is 0.343 e. The van der Waals surface area contributed by atoms with Crippen molar-refractivity contribution in [1.82, 2.24) is 14.5 Å². The molecule has 5 heterocycles. The first-order valence-corrected chi connectivity index (χ1v) is 12.1. The number of nitrogens with zero attached hydrogens (tertiary/aromatic N) is 2. The zero-order valence-corrected chi connectivity index (χ0v) is 20.5. The quantitative estimate of drug-likeness (QED) is 0.371. The molecule has 2 aromatic carbocycles. The SMILES string of the molecule is C=Cc1c(/C=C\C)n2c3c1c1c(c4c5ccccc5n(c43)C3(C)OC2CC3(O)C(=O)OC)C(O)NC1=O. The van der Waals surface area contributed by atoms with Crippen LogP contribution in [0.2, 0.25) is 0 Å². The Kier molecular flexibility index (Phi) is 4.15. The van der Waals surface area contributed by atoms with E-state index in [1.807, 2.05) is 52.5 Å². The Labute approximate surface area is 211 Å². The van der Waals surface area contributed by atoms with Gasteiger partial charge in [-0.2, -0.15) is 0 Å². The summed E-state index contributed by atoms with van der Waals surface area (Å²) < 4.78 is 15.5. The molecule has 3 aliphatic rings. The molecule has 0 aliphatic carbocycles. The highest BCUT2D eigenvalue weighted by Crippen LogP contribution is 2.58. The predicted octanol–water partition coefficient (Wildman–Crippen LogP) is 3.67. The zero-order valence-electron chi connectivity index (χ0n) is 20.5. The fraction of sp³-hybridized carbons (Fsp3) is 0.286. The molecule has 4 atom stereocenters. The summed E-state index contributed by atoms with van der Waals surface area (Å²) in [4.78, 5) is 26.5. The molecule has 4 aromatic rings. The van der Waals surface area contributed by atoms with Crippen LogP contribution in [-0.4, -0.2) is 43.9 Å². The summed E-state index contributed by atoms with van der Waals surface area (Å²) in [6.45, 7) is 7.60. The molecule has 1 fully saturated rings. The first-order valence-electron chi connectivity index (χ1n) is 12.1. The maximum absolute atomic E-state index is 13.3. The Morgan fingerprint density at radius 2 is 2.05 bits per heavy atom. The lowest BCUT2D eigenvalue weighted by Crippen LogP contribution is -2.56. The number of nitrogens with one attached hydrogen (secondary N) is 1. The van der Waals surface area contributed by atoms with E-state index in [0.717, 1.165) is 16.6 Å². The van der Waals surface area contributed by atoms with E-state index in [2.05, 4.69) is 11.9 Å². The number of carbonyl (C=O) groups is 2. The molecule has 2 aromatic heterocycles. The third kappa shape index (κ3) is 2.27. The second-order valence-electron chi connectivity index (χ2n) is 9.95. The van der Waals surface area contributed by atoms with Gasteiger partial charge in [0.2, 0.25) is 5.60 Å². The van der Waals surface area contributed by atoms with Crippen molar-refractivity contribution < 1.29 is 29.3 Å². The topological polar surface area (TPSA) is 115 Å². The van der Waals surface area contributed by atoms with Gasteiger partial charge in [0.1, 0.15) is 6.23 Å². The second-order valence-corrected chi connectivity index (χ2v) is 9.95. The Hall–Kier alpha value is -3.92. The molecule has 37 heavy (non-hydrogen) atoms. The van der Waals surface area contributed by atoms with Crippen LogP contribution in [-0.2, 0) is 20.0 Å². The number of fused-ring (bicyclic) bond motifs is 10. The Balaban J connectivity index is 1.85. The summed E-state index contributed by atoms with van der Waals surface area (Å²) in [5.74, 6) is -1.18. The van der Waals surface area contributed by atoms with Gasteiger partial charge in [-0.25, -0.2) is 4.79 Å². The van der Waals surface area contributed by atoms with E-state index < -0.39 is 29.8 Å². The van der Waals surface area contributed by atoms with Gasteiger partial charge in [0.25, 0.3) is 5.91 Å². The lowest BCUT2D eigenvalue weighted by molar-refractivity contribution is -0.202. The molecular formula is C28H25N3O6. The number of rotatable bonds is 3. The van der Waals surface area contributed by atoms with Crippen LogP contribution in [0.3, 0.4) is 0 Å². The minimum atomic E-state index is -2.03. The molecule has 7 rings (SSSR count). The van der Waals surface area contributed by atoms with E-state index in [9.17, 15) is 19.8 Å². The lowest BCUT2D eigenvalue weighted by Gasteiger charge is -2.37. The summed E-state index contributed by atoms with van der Waals surface area (Å²) in [6.07, 6.45) is 3.40. The fourth-order valence-electron chi connectivity index (χ4n) is 6.83. The van der Waals surface area contributed by atoms with Gasteiger partial charge in [0.05, 0.1) is 34.9 Å². The van der Waals surface area contributed by atoms with Gasteiger partial charge < -0.3 is 34.1 Å². The zero-order chi connectivity index (χ0) is 26.0. The van der Waals surface area contributed by atoms with Gasteiger partial charge in [-0.3, -0.25) is 4.79 Å². The molecule has 2 bridgehead atoms. The van der Waals surface area contributed by atoms with Crippen molar-refractivity contribution >= 4 is 56.7 Å². The number of esters is 1. The molecule has 4 unspecified atom stereocenters. The first-order chi connectivity index (χ1) is 17.7. The van der Waals surface area contributed by atoms with Crippen molar-refractivity contribution in [3.05, 3.63) is 59.3 Å². The second kappa shape index (κ2) is 6.89. The van der Waals surface area contributed by atoms with Gasteiger partial charge in [-0.05, 0) is 26.0 Å². The normalized spacial score (nSPS) is 28.0. The van der Waals surface area contributed by atoms with Crippen LogP contribution in [0.5, 0.6) is 0 Å². The van der Waals surface area contributed by atoms with Gasteiger partial charge in [-0.1, -0.05) is 36.9 Å². The number of benzene rings is 2. The molecule has 9 heteroatoms. The third-order valence-corrected chi connectivity index (χ3v) is 8.31. The Morgan fingerprint density at radius 3 is 2.76 bits per heavy atom. The van der Waals surface area contributed by atoms with Crippen molar-refractivity contribution in [3.63, 3.8) is 0 Å². The number of hydrogen-bond acceptors (Lipinski definition) is 6. The average Bonchev–Trinajstić information content (AvgIpc) is 3.53. The summed E-state index contributed by atoms with van der Waals surface area (Å²) in [6, 6.07) is 7.51. The number of para-hydroxylation sites is 1. The van der Waals surface area contributed by atoms with Crippen LogP contribution in [0.25, 0.3) is 44.9 Å².